The molecule has 3 nitrogen and oxygen atoms in total. The lowest BCUT2D eigenvalue weighted by atomic mass is 9.94. The second kappa shape index (κ2) is 5.27. The first-order valence-corrected chi connectivity index (χ1v) is 5.60. The Hall–Kier alpha value is -1.42. The van der Waals surface area contributed by atoms with Crippen LogP contribution in [0.25, 0.3) is 0 Å². The SMILES string of the molecule is Cc1cc(F)c(C(C)C)cc1CC(N)C(=O)O. The molecule has 0 spiro atoms. The second-order valence-electron chi connectivity index (χ2n) is 4.60. The molecule has 1 rings (SSSR count). The molecule has 1 atom stereocenters. The van der Waals surface area contributed by atoms with Crippen LogP contribution in [0.2, 0.25) is 0 Å². The monoisotopic (exact) mass is 239 g/mol. The van der Waals surface area contributed by atoms with E-state index in [1.807, 2.05) is 13.8 Å². The Balaban J connectivity index is 3.07. The first-order valence-electron chi connectivity index (χ1n) is 5.60. The third-order valence-corrected chi connectivity index (χ3v) is 2.83. The van der Waals surface area contributed by atoms with Gasteiger partial charge in [-0.05, 0) is 42.0 Å². The van der Waals surface area contributed by atoms with E-state index >= 15 is 0 Å². The standard InChI is InChI=1S/C13H18FNO2/c1-7(2)10-5-9(6-12(15)13(16)17)8(3)4-11(10)14/h4-5,7,12H,6,15H2,1-3H3,(H,16,17). The van der Waals surface area contributed by atoms with Gasteiger partial charge in [-0.2, -0.15) is 0 Å². The summed E-state index contributed by atoms with van der Waals surface area (Å²) in [7, 11) is 0. The van der Waals surface area contributed by atoms with E-state index < -0.39 is 12.0 Å². The van der Waals surface area contributed by atoms with E-state index in [2.05, 4.69) is 0 Å². The molecule has 0 aromatic heterocycles. The van der Waals surface area contributed by atoms with Crippen molar-refractivity contribution in [3.8, 4) is 0 Å². The molecule has 0 aliphatic rings. The molecule has 1 aromatic rings. The summed E-state index contributed by atoms with van der Waals surface area (Å²) in [4.78, 5) is 10.7. The molecule has 0 aliphatic carbocycles. The lowest BCUT2D eigenvalue weighted by Crippen LogP contribution is -2.32. The summed E-state index contributed by atoms with van der Waals surface area (Å²) in [6, 6.07) is 2.22. The van der Waals surface area contributed by atoms with Gasteiger partial charge in [0.2, 0.25) is 0 Å². The molecule has 0 heterocycles. The van der Waals surface area contributed by atoms with Crippen molar-refractivity contribution in [1.29, 1.82) is 0 Å². The Labute approximate surface area is 100 Å². The number of rotatable bonds is 4. The highest BCUT2D eigenvalue weighted by atomic mass is 19.1. The lowest BCUT2D eigenvalue weighted by molar-refractivity contribution is -0.138. The fourth-order valence-corrected chi connectivity index (χ4v) is 1.72. The highest BCUT2D eigenvalue weighted by Gasteiger charge is 2.16. The van der Waals surface area contributed by atoms with Crippen molar-refractivity contribution in [2.45, 2.75) is 39.2 Å². The summed E-state index contributed by atoms with van der Waals surface area (Å²) < 4.78 is 13.6. The molecule has 1 unspecified atom stereocenters. The van der Waals surface area contributed by atoms with Gasteiger partial charge >= 0.3 is 5.97 Å². The number of aryl methyl sites for hydroxylation is 1. The normalized spacial score (nSPS) is 12.8. The minimum absolute atomic E-state index is 0.0652. The minimum Gasteiger partial charge on any atom is -0.480 e. The quantitative estimate of drug-likeness (QED) is 0.846. The van der Waals surface area contributed by atoms with E-state index in [-0.39, 0.29) is 18.2 Å². The first kappa shape index (κ1) is 13.6. The molecule has 3 N–H and O–H groups in total. The third kappa shape index (κ3) is 3.27. The van der Waals surface area contributed by atoms with Crippen LogP contribution < -0.4 is 5.73 Å². The van der Waals surface area contributed by atoms with Crippen molar-refractivity contribution in [3.63, 3.8) is 0 Å². The van der Waals surface area contributed by atoms with Crippen molar-refractivity contribution in [2.24, 2.45) is 5.73 Å². The summed E-state index contributed by atoms with van der Waals surface area (Å²) in [6.45, 7) is 5.56. The number of benzene rings is 1. The molecule has 0 saturated carbocycles. The highest BCUT2D eigenvalue weighted by molar-refractivity contribution is 5.73. The smallest absolute Gasteiger partial charge is 0.320 e. The minimum atomic E-state index is -1.04. The number of carbonyl (C=O) groups is 1. The van der Waals surface area contributed by atoms with Crippen LogP contribution in [0.5, 0.6) is 0 Å². The van der Waals surface area contributed by atoms with E-state index in [0.29, 0.717) is 5.56 Å². The van der Waals surface area contributed by atoms with Gasteiger partial charge in [-0.3, -0.25) is 4.79 Å². The van der Waals surface area contributed by atoms with Crippen LogP contribution in [0.1, 0.15) is 36.5 Å². The molecule has 0 saturated heterocycles. The molecule has 0 aliphatic heterocycles. The summed E-state index contributed by atoms with van der Waals surface area (Å²) in [6.07, 6.45) is 0.223. The molecule has 0 radical (unpaired) electrons. The van der Waals surface area contributed by atoms with E-state index in [1.165, 1.54) is 6.07 Å². The topological polar surface area (TPSA) is 63.3 Å². The molecule has 0 fully saturated rings. The van der Waals surface area contributed by atoms with Gasteiger partial charge in [0.25, 0.3) is 0 Å². The predicted molar refractivity (Wildman–Crippen MR) is 64.5 cm³/mol. The van der Waals surface area contributed by atoms with Crippen molar-refractivity contribution in [1.82, 2.24) is 0 Å². The summed E-state index contributed by atoms with van der Waals surface area (Å²) in [5.74, 6) is -1.22. The van der Waals surface area contributed by atoms with Gasteiger partial charge in [0.15, 0.2) is 0 Å². The van der Waals surface area contributed by atoms with Gasteiger partial charge in [0, 0.05) is 0 Å². The van der Waals surface area contributed by atoms with E-state index in [0.717, 1.165) is 11.1 Å². The Kier molecular flexibility index (Phi) is 4.23. The average molecular weight is 239 g/mol. The first-order chi connectivity index (χ1) is 7.82. The number of hydrogen-bond donors (Lipinski definition) is 2. The average Bonchev–Trinajstić information content (AvgIpc) is 2.21. The Morgan fingerprint density at radius 1 is 1.47 bits per heavy atom. The van der Waals surface area contributed by atoms with Gasteiger partial charge in [-0.1, -0.05) is 19.9 Å². The zero-order valence-electron chi connectivity index (χ0n) is 10.3. The van der Waals surface area contributed by atoms with Crippen molar-refractivity contribution in [3.05, 3.63) is 34.6 Å². The number of aliphatic carboxylic acids is 1. The van der Waals surface area contributed by atoms with Gasteiger partial charge in [-0.15, -0.1) is 0 Å². The number of carboxylic acid groups (broad SMARTS) is 1. The summed E-state index contributed by atoms with van der Waals surface area (Å²) >= 11 is 0. The number of hydrogen-bond acceptors (Lipinski definition) is 2. The van der Waals surface area contributed by atoms with Crippen LogP contribution in [0.15, 0.2) is 12.1 Å². The van der Waals surface area contributed by atoms with Crippen LogP contribution in [0, 0.1) is 12.7 Å². The fraction of sp³-hybridized carbons (Fsp3) is 0.462. The molecule has 1 aromatic carbocycles. The van der Waals surface area contributed by atoms with Gasteiger partial charge in [0.05, 0.1) is 0 Å². The maximum Gasteiger partial charge on any atom is 0.320 e. The molecule has 94 valence electrons. The lowest BCUT2D eigenvalue weighted by Gasteiger charge is -2.14. The van der Waals surface area contributed by atoms with Crippen LogP contribution >= 0.6 is 0 Å². The van der Waals surface area contributed by atoms with Crippen LogP contribution in [0.3, 0.4) is 0 Å². The van der Waals surface area contributed by atoms with Crippen LogP contribution in [-0.2, 0) is 11.2 Å². The molecular formula is C13H18FNO2. The molecular weight excluding hydrogens is 221 g/mol. The van der Waals surface area contributed by atoms with Crippen molar-refractivity contribution < 1.29 is 14.3 Å². The molecule has 0 amide bonds. The van der Waals surface area contributed by atoms with Gasteiger partial charge < -0.3 is 10.8 Å². The largest absolute Gasteiger partial charge is 0.480 e. The van der Waals surface area contributed by atoms with Gasteiger partial charge in [0.1, 0.15) is 11.9 Å². The van der Waals surface area contributed by atoms with Crippen LogP contribution in [0.4, 0.5) is 4.39 Å². The maximum absolute atomic E-state index is 13.6. The third-order valence-electron chi connectivity index (χ3n) is 2.83. The molecule has 4 heteroatoms. The summed E-state index contributed by atoms with van der Waals surface area (Å²) in [5.41, 5.74) is 7.62. The Morgan fingerprint density at radius 2 is 2.06 bits per heavy atom. The Morgan fingerprint density at radius 3 is 2.53 bits per heavy atom. The van der Waals surface area contributed by atoms with E-state index in [9.17, 15) is 9.18 Å². The second-order valence-corrected chi connectivity index (χ2v) is 4.60. The van der Waals surface area contributed by atoms with E-state index in [1.54, 1.807) is 13.0 Å². The molecule has 17 heavy (non-hydrogen) atoms. The van der Waals surface area contributed by atoms with E-state index in [4.69, 9.17) is 10.8 Å². The Bertz CT molecular complexity index is 430. The summed E-state index contributed by atoms with van der Waals surface area (Å²) in [5, 5.41) is 8.77. The highest BCUT2D eigenvalue weighted by Crippen LogP contribution is 2.23. The van der Waals surface area contributed by atoms with Crippen LogP contribution in [-0.4, -0.2) is 17.1 Å². The predicted octanol–water partition coefficient (Wildman–Crippen LogP) is 2.21. The van der Waals surface area contributed by atoms with Gasteiger partial charge in [-0.25, -0.2) is 4.39 Å². The fourth-order valence-electron chi connectivity index (χ4n) is 1.72. The van der Waals surface area contributed by atoms with Crippen molar-refractivity contribution in [2.75, 3.05) is 0 Å². The number of halogens is 1. The molecule has 0 bridgehead atoms. The number of carboxylic acids is 1. The maximum atomic E-state index is 13.6. The zero-order valence-corrected chi connectivity index (χ0v) is 10.3. The number of nitrogens with two attached hydrogens (primary N) is 1. The van der Waals surface area contributed by atoms with Crippen molar-refractivity contribution >= 4 is 5.97 Å². The zero-order chi connectivity index (χ0) is 13.2.